The van der Waals surface area contributed by atoms with E-state index in [-0.39, 0.29) is 6.04 Å². The van der Waals surface area contributed by atoms with Gasteiger partial charge in [0.25, 0.3) is 0 Å². The molecule has 0 heterocycles. The highest BCUT2D eigenvalue weighted by atomic mass is 35.5. The van der Waals surface area contributed by atoms with Gasteiger partial charge in [-0.25, -0.2) is 0 Å². The molecule has 0 aliphatic carbocycles. The zero-order chi connectivity index (χ0) is 13.8. The molecular weight excluding hydrogens is 258 g/mol. The molecule has 2 nitrogen and oxygen atoms in total. The topological polar surface area (TPSA) is 35.2 Å². The quantitative estimate of drug-likeness (QED) is 0.901. The van der Waals surface area contributed by atoms with Crippen molar-refractivity contribution in [1.29, 1.82) is 0 Å². The third kappa shape index (κ3) is 3.72. The summed E-state index contributed by atoms with van der Waals surface area (Å²) in [5.74, 6) is 1.67. The SMILES string of the molecule is Cc1ccccc1Oc1ccc(Cl)cc1CC(C)N. The number of para-hydroxylation sites is 1. The summed E-state index contributed by atoms with van der Waals surface area (Å²) in [6, 6.07) is 13.6. The van der Waals surface area contributed by atoms with Gasteiger partial charge in [-0.3, -0.25) is 0 Å². The van der Waals surface area contributed by atoms with Gasteiger partial charge in [-0.05, 0) is 55.7 Å². The number of aryl methyl sites for hydroxylation is 1. The molecule has 0 saturated heterocycles. The first kappa shape index (κ1) is 13.9. The molecule has 2 aromatic rings. The van der Waals surface area contributed by atoms with Crippen LogP contribution in [-0.2, 0) is 6.42 Å². The molecule has 0 amide bonds. The third-order valence-electron chi connectivity index (χ3n) is 2.88. The Morgan fingerprint density at radius 1 is 1.16 bits per heavy atom. The van der Waals surface area contributed by atoms with Crippen LogP contribution in [0.25, 0.3) is 0 Å². The molecule has 1 atom stereocenters. The van der Waals surface area contributed by atoms with Gasteiger partial charge in [0.05, 0.1) is 0 Å². The van der Waals surface area contributed by atoms with Crippen molar-refractivity contribution in [1.82, 2.24) is 0 Å². The maximum atomic E-state index is 6.04. The van der Waals surface area contributed by atoms with E-state index in [1.165, 1.54) is 0 Å². The first-order chi connectivity index (χ1) is 9.06. The maximum Gasteiger partial charge on any atom is 0.130 e. The van der Waals surface area contributed by atoms with Crippen LogP contribution in [0, 0.1) is 6.92 Å². The van der Waals surface area contributed by atoms with E-state index >= 15 is 0 Å². The highest BCUT2D eigenvalue weighted by molar-refractivity contribution is 6.30. The number of nitrogens with two attached hydrogens (primary N) is 1. The lowest BCUT2D eigenvalue weighted by molar-refractivity contribution is 0.470. The van der Waals surface area contributed by atoms with Gasteiger partial charge in [-0.1, -0.05) is 29.8 Å². The molecule has 0 radical (unpaired) electrons. The zero-order valence-corrected chi connectivity index (χ0v) is 11.9. The summed E-state index contributed by atoms with van der Waals surface area (Å²) in [7, 11) is 0. The monoisotopic (exact) mass is 275 g/mol. The Kier molecular flexibility index (Phi) is 4.46. The summed E-state index contributed by atoms with van der Waals surface area (Å²) < 4.78 is 5.98. The summed E-state index contributed by atoms with van der Waals surface area (Å²) in [5.41, 5.74) is 8.00. The Balaban J connectivity index is 2.32. The Bertz CT molecular complexity index is 566. The Morgan fingerprint density at radius 3 is 2.58 bits per heavy atom. The summed E-state index contributed by atoms with van der Waals surface area (Å²) in [5, 5.41) is 0.702. The fourth-order valence-electron chi connectivity index (χ4n) is 1.94. The van der Waals surface area contributed by atoms with Crippen LogP contribution in [0.4, 0.5) is 0 Å². The van der Waals surface area contributed by atoms with Crippen molar-refractivity contribution in [2.45, 2.75) is 26.3 Å². The molecule has 0 fully saturated rings. The van der Waals surface area contributed by atoms with Crippen LogP contribution in [0.15, 0.2) is 42.5 Å². The second-order valence-electron chi connectivity index (χ2n) is 4.80. The zero-order valence-electron chi connectivity index (χ0n) is 11.2. The van der Waals surface area contributed by atoms with Crippen molar-refractivity contribution in [3.63, 3.8) is 0 Å². The molecule has 0 aromatic heterocycles. The highest BCUT2D eigenvalue weighted by Crippen LogP contribution is 2.30. The number of hydrogen-bond acceptors (Lipinski definition) is 2. The Hall–Kier alpha value is -1.51. The first-order valence-corrected chi connectivity index (χ1v) is 6.71. The largest absolute Gasteiger partial charge is 0.457 e. The van der Waals surface area contributed by atoms with Crippen LogP contribution < -0.4 is 10.5 Å². The summed E-state index contributed by atoms with van der Waals surface area (Å²) >= 11 is 6.04. The van der Waals surface area contributed by atoms with Gasteiger partial charge < -0.3 is 10.5 Å². The average Bonchev–Trinajstić information content (AvgIpc) is 2.34. The minimum Gasteiger partial charge on any atom is -0.457 e. The van der Waals surface area contributed by atoms with Gasteiger partial charge in [0, 0.05) is 11.1 Å². The molecule has 100 valence electrons. The van der Waals surface area contributed by atoms with Crippen molar-refractivity contribution in [2.24, 2.45) is 5.73 Å². The molecule has 2 rings (SSSR count). The van der Waals surface area contributed by atoms with Crippen LogP contribution in [0.3, 0.4) is 0 Å². The van der Waals surface area contributed by atoms with Crippen molar-refractivity contribution >= 4 is 11.6 Å². The predicted molar refractivity (Wildman–Crippen MR) is 80.1 cm³/mol. The summed E-state index contributed by atoms with van der Waals surface area (Å²) in [4.78, 5) is 0. The lowest BCUT2D eigenvalue weighted by atomic mass is 10.1. The highest BCUT2D eigenvalue weighted by Gasteiger charge is 2.09. The molecule has 2 N–H and O–H groups in total. The fraction of sp³-hybridized carbons (Fsp3) is 0.250. The van der Waals surface area contributed by atoms with Crippen LogP contribution >= 0.6 is 11.6 Å². The predicted octanol–water partition coefficient (Wildman–Crippen LogP) is 4.33. The number of hydrogen-bond donors (Lipinski definition) is 1. The van der Waals surface area contributed by atoms with Crippen molar-refractivity contribution in [3.05, 3.63) is 58.6 Å². The van der Waals surface area contributed by atoms with E-state index in [1.54, 1.807) is 0 Å². The van der Waals surface area contributed by atoms with Gasteiger partial charge >= 0.3 is 0 Å². The normalized spacial score (nSPS) is 12.2. The Morgan fingerprint density at radius 2 is 1.89 bits per heavy atom. The lowest BCUT2D eigenvalue weighted by Gasteiger charge is -2.14. The van der Waals surface area contributed by atoms with Gasteiger partial charge in [0.1, 0.15) is 11.5 Å². The number of benzene rings is 2. The van der Waals surface area contributed by atoms with E-state index in [1.807, 2.05) is 56.3 Å². The molecular formula is C16H18ClNO. The summed E-state index contributed by atoms with van der Waals surface area (Å²) in [6.07, 6.45) is 0.738. The van der Waals surface area contributed by atoms with Gasteiger partial charge in [0.2, 0.25) is 0 Å². The molecule has 0 spiro atoms. The van der Waals surface area contributed by atoms with Crippen LogP contribution in [0.5, 0.6) is 11.5 Å². The summed E-state index contributed by atoms with van der Waals surface area (Å²) in [6.45, 7) is 3.99. The van der Waals surface area contributed by atoms with Gasteiger partial charge in [0.15, 0.2) is 0 Å². The molecule has 0 aliphatic rings. The molecule has 0 saturated carbocycles. The van der Waals surface area contributed by atoms with Crippen molar-refractivity contribution < 1.29 is 4.74 Å². The van der Waals surface area contributed by atoms with E-state index in [2.05, 4.69) is 0 Å². The molecule has 1 unspecified atom stereocenters. The van der Waals surface area contributed by atoms with Gasteiger partial charge in [-0.15, -0.1) is 0 Å². The Labute approximate surface area is 119 Å². The van der Waals surface area contributed by atoms with E-state index in [4.69, 9.17) is 22.1 Å². The maximum absolute atomic E-state index is 6.04. The number of rotatable bonds is 4. The molecule has 0 aliphatic heterocycles. The van der Waals surface area contributed by atoms with Crippen LogP contribution in [0.1, 0.15) is 18.1 Å². The van der Waals surface area contributed by atoms with E-state index in [0.717, 1.165) is 29.0 Å². The molecule has 2 aromatic carbocycles. The minimum absolute atomic E-state index is 0.0673. The second kappa shape index (κ2) is 6.09. The van der Waals surface area contributed by atoms with Crippen LogP contribution in [0.2, 0.25) is 5.02 Å². The van der Waals surface area contributed by atoms with E-state index < -0.39 is 0 Å². The van der Waals surface area contributed by atoms with Gasteiger partial charge in [-0.2, -0.15) is 0 Å². The number of halogens is 1. The second-order valence-corrected chi connectivity index (χ2v) is 5.24. The van der Waals surface area contributed by atoms with E-state index in [9.17, 15) is 0 Å². The minimum atomic E-state index is 0.0673. The fourth-order valence-corrected chi connectivity index (χ4v) is 2.14. The first-order valence-electron chi connectivity index (χ1n) is 6.34. The molecule has 19 heavy (non-hydrogen) atoms. The average molecular weight is 276 g/mol. The van der Waals surface area contributed by atoms with Crippen molar-refractivity contribution in [2.75, 3.05) is 0 Å². The van der Waals surface area contributed by atoms with Crippen molar-refractivity contribution in [3.8, 4) is 11.5 Å². The third-order valence-corrected chi connectivity index (χ3v) is 3.11. The lowest BCUT2D eigenvalue weighted by Crippen LogP contribution is -2.18. The number of ether oxygens (including phenoxy) is 1. The standard InChI is InChI=1S/C16H18ClNO/c1-11-5-3-4-6-15(11)19-16-8-7-14(17)10-13(16)9-12(2)18/h3-8,10,12H,9,18H2,1-2H3. The molecule has 0 bridgehead atoms. The van der Waals surface area contributed by atoms with E-state index in [0.29, 0.717) is 5.02 Å². The molecule has 3 heteroatoms. The van der Waals surface area contributed by atoms with Crippen LogP contribution in [-0.4, -0.2) is 6.04 Å². The smallest absolute Gasteiger partial charge is 0.130 e.